The van der Waals surface area contributed by atoms with Crippen molar-refractivity contribution in [2.75, 3.05) is 26.2 Å². The monoisotopic (exact) mass is 253 g/mol. The molecule has 1 atom stereocenters. The van der Waals surface area contributed by atoms with Gasteiger partial charge in [-0.1, -0.05) is 30.3 Å². The minimum Gasteiger partial charge on any atom is -0.375 e. The van der Waals surface area contributed by atoms with Gasteiger partial charge in [0, 0.05) is 6.54 Å². The summed E-state index contributed by atoms with van der Waals surface area (Å²) < 4.78 is 5.63. The Kier molecular flexibility index (Phi) is 5.30. The summed E-state index contributed by atoms with van der Waals surface area (Å²) in [5.74, 6) is 0. The van der Waals surface area contributed by atoms with Gasteiger partial charge in [-0.15, -0.1) is 11.6 Å². The van der Waals surface area contributed by atoms with Crippen molar-refractivity contribution in [1.82, 2.24) is 4.90 Å². The summed E-state index contributed by atoms with van der Waals surface area (Å²) in [6.07, 6.45) is 2.63. The van der Waals surface area contributed by atoms with Crippen LogP contribution in [0.5, 0.6) is 0 Å². The van der Waals surface area contributed by atoms with Crippen molar-refractivity contribution in [2.45, 2.75) is 24.8 Å². The van der Waals surface area contributed by atoms with Crippen molar-refractivity contribution < 1.29 is 4.74 Å². The Morgan fingerprint density at radius 2 is 1.88 bits per heavy atom. The Balaban J connectivity index is 1.61. The van der Waals surface area contributed by atoms with E-state index in [-0.39, 0.29) is 5.38 Å². The fourth-order valence-corrected chi connectivity index (χ4v) is 2.46. The third-order valence-electron chi connectivity index (χ3n) is 3.07. The lowest BCUT2D eigenvalue weighted by molar-refractivity contribution is 0.113. The molecule has 1 aromatic rings. The summed E-state index contributed by atoms with van der Waals surface area (Å²) in [7, 11) is 0. The molecule has 1 fully saturated rings. The molecule has 94 valence electrons. The highest BCUT2D eigenvalue weighted by Crippen LogP contribution is 2.11. The van der Waals surface area contributed by atoms with Crippen LogP contribution in [0.1, 0.15) is 18.4 Å². The summed E-state index contributed by atoms with van der Waals surface area (Å²) in [6.45, 7) is 4.64. The maximum Gasteiger partial charge on any atom is 0.0717 e. The van der Waals surface area contributed by atoms with Crippen LogP contribution < -0.4 is 0 Å². The van der Waals surface area contributed by atoms with Crippen molar-refractivity contribution in [2.24, 2.45) is 0 Å². The molecule has 3 heteroatoms. The maximum absolute atomic E-state index is 6.26. The zero-order valence-corrected chi connectivity index (χ0v) is 10.9. The molecule has 0 saturated carbocycles. The minimum absolute atomic E-state index is 0.108. The third-order valence-corrected chi connectivity index (χ3v) is 3.33. The van der Waals surface area contributed by atoms with Gasteiger partial charge < -0.3 is 9.64 Å². The van der Waals surface area contributed by atoms with Crippen LogP contribution in [-0.2, 0) is 11.3 Å². The molecule has 2 nitrogen and oxygen atoms in total. The molecule has 1 heterocycles. The van der Waals surface area contributed by atoms with Crippen LogP contribution in [0.3, 0.4) is 0 Å². The van der Waals surface area contributed by atoms with Gasteiger partial charge in [0.25, 0.3) is 0 Å². The highest BCUT2D eigenvalue weighted by molar-refractivity contribution is 6.20. The molecule has 1 aliphatic rings. The zero-order valence-electron chi connectivity index (χ0n) is 10.1. The molecule has 17 heavy (non-hydrogen) atoms. The minimum atomic E-state index is 0.108. The molecular formula is C14H20ClNO. The van der Waals surface area contributed by atoms with E-state index in [1.165, 1.54) is 31.5 Å². The second-order valence-electron chi connectivity index (χ2n) is 4.61. The van der Waals surface area contributed by atoms with Gasteiger partial charge in [0.2, 0.25) is 0 Å². The number of hydrogen-bond donors (Lipinski definition) is 0. The Morgan fingerprint density at radius 1 is 1.18 bits per heavy atom. The molecule has 0 aromatic heterocycles. The molecule has 2 rings (SSSR count). The lowest BCUT2D eigenvalue weighted by Crippen LogP contribution is -2.29. The van der Waals surface area contributed by atoms with Crippen molar-refractivity contribution in [3.63, 3.8) is 0 Å². The lowest BCUT2D eigenvalue weighted by atomic mass is 10.2. The number of benzene rings is 1. The van der Waals surface area contributed by atoms with Gasteiger partial charge in [-0.05, 0) is 31.5 Å². The van der Waals surface area contributed by atoms with E-state index in [0.717, 1.165) is 6.54 Å². The molecule has 0 N–H and O–H groups in total. The lowest BCUT2D eigenvalue weighted by Gasteiger charge is -2.18. The summed E-state index contributed by atoms with van der Waals surface area (Å²) >= 11 is 6.26. The second-order valence-corrected chi connectivity index (χ2v) is 5.22. The van der Waals surface area contributed by atoms with Crippen molar-refractivity contribution in [3.05, 3.63) is 35.9 Å². The van der Waals surface area contributed by atoms with Crippen LogP contribution >= 0.6 is 11.6 Å². The van der Waals surface area contributed by atoms with Crippen LogP contribution in [0, 0.1) is 0 Å². The predicted molar refractivity (Wildman–Crippen MR) is 71.4 cm³/mol. The summed E-state index contributed by atoms with van der Waals surface area (Å²) in [5, 5.41) is 0.108. The SMILES string of the molecule is ClC(COCc1ccccc1)CN1CCCC1. The molecule has 0 bridgehead atoms. The highest BCUT2D eigenvalue weighted by atomic mass is 35.5. The normalized spacial score (nSPS) is 18.4. The molecule has 1 aliphatic heterocycles. The van der Waals surface area contributed by atoms with E-state index in [1.54, 1.807) is 0 Å². The molecular weight excluding hydrogens is 234 g/mol. The second kappa shape index (κ2) is 7.00. The van der Waals surface area contributed by atoms with Crippen LogP contribution in [0.4, 0.5) is 0 Å². The molecule has 0 spiro atoms. The number of ether oxygens (including phenoxy) is 1. The largest absolute Gasteiger partial charge is 0.375 e. The summed E-state index contributed by atoms with van der Waals surface area (Å²) in [4.78, 5) is 2.42. The smallest absolute Gasteiger partial charge is 0.0717 e. The number of hydrogen-bond acceptors (Lipinski definition) is 2. The van der Waals surface area contributed by atoms with Crippen molar-refractivity contribution in [1.29, 1.82) is 0 Å². The number of nitrogens with zero attached hydrogens (tertiary/aromatic N) is 1. The van der Waals surface area contributed by atoms with E-state index >= 15 is 0 Å². The number of alkyl halides is 1. The van der Waals surface area contributed by atoms with E-state index in [1.807, 2.05) is 18.2 Å². The Morgan fingerprint density at radius 3 is 2.59 bits per heavy atom. The molecule has 1 saturated heterocycles. The van der Waals surface area contributed by atoms with Crippen molar-refractivity contribution in [3.8, 4) is 0 Å². The summed E-state index contributed by atoms with van der Waals surface area (Å²) in [5.41, 5.74) is 1.21. The van der Waals surface area contributed by atoms with E-state index in [4.69, 9.17) is 16.3 Å². The first-order valence-corrected chi connectivity index (χ1v) is 6.76. The predicted octanol–water partition coefficient (Wildman–Crippen LogP) is 2.91. The van der Waals surface area contributed by atoms with Crippen molar-refractivity contribution >= 4 is 11.6 Å². The third kappa shape index (κ3) is 4.66. The first-order valence-electron chi connectivity index (χ1n) is 6.32. The van der Waals surface area contributed by atoms with Crippen LogP contribution in [0.25, 0.3) is 0 Å². The van der Waals surface area contributed by atoms with Gasteiger partial charge in [0.15, 0.2) is 0 Å². The molecule has 1 unspecified atom stereocenters. The zero-order chi connectivity index (χ0) is 11.9. The van der Waals surface area contributed by atoms with Gasteiger partial charge in [0.1, 0.15) is 0 Å². The number of rotatable bonds is 6. The number of likely N-dealkylation sites (tertiary alicyclic amines) is 1. The van der Waals surface area contributed by atoms with Gasteiger partial charge in [-0.2, -0.15) is 0 Å². The highest BCUT2D eigenvalue weighted by Gasteiger charge is 2.15. The Hall–Kier alpha value is -0.570. The molecule has 0 amide bonds. The topological polar surface area (TPSA) is 12.5 Å². The van der Waals surface area contributed by atoms with Crippen LogP contribution in [-0.4, -0.2) is 36.5 Å². The fraction of sp³-hybridized carbons (Fsp3) is 0.571. The molecule has 0 radical (unpaired) electrons. The molecule has 0 aliphatic carbocycles. The number of halogens is 1. The van der Waals surface area contributed by atoms with Crippen LogP contribution in [0.2, 0.25) is 0 Å². The molecule has 1 aromatic carbocycles. The van der Waals surface area contributed by atoms with Gasteiger partial charge in [-0.3, -0.25) is 0 Å². The quantitative estimate of drug-likeness (QED) is 0.723. The van der Waals surface area contributed by atoms with Gasteiger partial charge in [-0.25, -0.2) is 0 Å². The van der Waals surface area contributed by atoms with E-state index in [2.05, 4.69) is 17.0 Å². The van der Waals surface area contributed by atoms with E-state index in [0.29, 0.717) is 13.2 Å². The maximum atomic E-state index is 6.26. The van der Waals surface area contributed by atoms with E-state index in [9.17, 15) is 0 Å². The van der Waals surface area contributed by atoms with Gasteiger partial charge in [0.05, 0.1) is 18.6 Å². The van der Waals surface area contributed by atoms with Crippen LogP contribution in [0.15, 0.2) is 30.3 Å². The standard InChI is InChI=1S/C14H20ClNO/c15-14(10-16-8-4-5-9-16)12-17-11-13-6-2-1-3-7-13/h1-3,6-7,14H,4-5,8-12H2. The first-order chi connectivity index (χ1) is 8.34. The average Bonchev–Trinajstić information content (AvgIpc) is 2.83. The average molecular weight is 254 g/mol. The Labute approximate surface area is 109 Å². The first kappa shape index (κ1) is 12.9. The van der Waals surface area contributed by atoms with Gasteiger partial charge >= 0.3 is 0 Å². The van der Waals surface area contributed by atoms with E-state index < -0.39 is 0 Å². The Bertz CT molecular complexity index is 311. The summed E-state index contributed by atoms with van der Waals surface area (Å²) in [6, 6.07) is 10.2. The fourth-order valence-electron chi connectivity index (χ4n) is 2.18.